The van der Waals surface area contributed by atoms with Crippen LogP contribution in [0.15, 0.2) is 42.0 Å². The van der Waals surface area contributed by atoms with Gasteiger partial charge >= 0.3 is 5.97 Å². The highest BCUT2D eigenvalue weighted by Crippen LogP contribution is 2.37. The van der Waals surface area contributed by atoms with Crippen molar-refractivity contribution in [3.63, 3.8) is 0 Å². The Morgan fingerprint density at radius 2 is 2.10 bits per heavy atom. The molecule has 4 rings (SSSR count). The molecule has 146 valence electrons. The van der Waals surface area contributed by atoms with E-state index < -0.39 is 23.1 Å². The van der Waals surface area contributed by atoms with Crippen molar-refractivity contribution in [2.45, 2.75) is 13.3 Å². The van der Waals surface area contributed by atoms with Gasteiger partial charge in [-0.2, -0.15) is 0 Å². The first-order valence-electron chi connectivity index (χ1n) is 8.49. The number of hydrogen-bond donors (Lipinski definition) is 2. The number of aromatic nitrogens is 3. The molecule has 2 N–H and O–H groups in total. The van der Waals surface area contributed by atoms with Crippen LogP contribution in [0.5, 0.6) is 5.75 Å². The summed E-state index contributed by atoms with van der Waals surface area (Å²) in [6.45, 7) is 1.89. The van der Waals surface area contributed by atoms with E-state index in [4.69, 9.17) is 5.11 Å². The number of pyridine rings is 1. The molecule has 0 saturated heterocycles. The number of benzene rings is 1. The molecule has 3 aromatic heterocycles. The Bertz CT molecular complexity index is 1210. The van der Waals surface area contributed by atoms with Crippen LogP contribution in [-0.4, -0.2) is 31.1 Å². The summed E-state index contributed by atoms with van der Waals surface area (Å²) < 4.78 is 14.4. The molecule has 0 radical (unpaired) electrons. The highest BCUT2D eigenvalue weighted by atomic mass is 32.1. The van der Waals surface area contributed by atoms with Crippen LogP contribution in [0.3, 0.4) is 0 Å². The second kappa shape index (κ2) is 7.69. The topological polar surface area (TPSA) is 96.2 Å². The van der Waals surface area contributed by atoms with Gasteiger partial charge in [0.15, 0.2) is 0 Å². The molecule has 0 bridgehead atoms. The number of phenols is 1. The Labute approximate surface area is 173 Å². The fraction of sp³-hybridized carbons (Fsp3) is 0.100. The number of thiazole rings is 2. The lowest BCUT2D eigenvalue weighted by Gasteiger charge is -2.04. The van der Waals surface area contributed by atoms with Crippen LogP contribution in [-0.2, 0) is 6.42 Å². The van der Waals surface area contributed by atoms with E-state index in [9.17, 15) is 14.3 Å². The molecular weight excluding hydrogens is 413 g/mol. The first kappa shape index (κ1) is 19.2. The number of carbonyl (C=O) groups is 1. The maximum Gasteiger partial charge on any atom is 0.339 e. The number of carboxylic acid groups (broad SMARTS) is 1. The maximum absolute atomic E-state index is 14.4. The molecule has 1 aromatic carbocycles. The van der Waals surface area contributed by atoms with Crippen molar-refractivity contribution in [1.82, 2.24) is 15.0 Å². The molecule has 0 aliphatic carbocycles. The smallest absolute Gasteiger partial charge is 0.339 e. The first-order valence-corrected chi connectivity index (χ1v) is 10.2. The monoisotopic (exact) mass is 427 g/mol. The Morgan fingerprint density at radius 3 is 2.83 bits per heavy atom. The van der Waals surface area contributed by atoms with E-state index in [1.54, 1.807) is 17.8 Å². The quantitative estimate of drug-likeness (QED) is 0.476. The minimum absolute atomic E-state index is 0.0569. The van der Waals surface area contributed by atoms with Crippen molar-refractivity contribution in [3.05, 3.63) is 69.7 Å². The predicted molar refractivity (Wildman–Crippen MR) is 109 cm³/mol. The standard InChI is InChI=1S/C20H14FN3O3S2/c1-10-18(29-17(23-10)5-11-3-2-4-22-8-11)15-9-28-19(24-15)12-7-16(25)13(20(26)27)6-14(12)21/h2-4,6-9,25H,5H2,1H3,(H,26,27). The van der Waals surface area contributed by atoms with Gasteiger partial charge in [-0.3, -0.25) is 4.98 Å². The number of carboxylic acids is 1. The van der Waals surface area contributed by atoms with Gasteiger partial charge in [0.1, 0.15) is 22.1 Å². The molecule has 0 atom stereocenters. The van der Waals surface area contributed by atoms with Gasteiger partial charge in [0.2, 0.25) is 0 Å². The molecule has 0 saturated carbocycles. The number of hydrogen-bond acceptors (Lipinski definition) is 7. The zero-order valence-electron chi connectivity index (χ0n) is 15.1. The molecule has 0 unspecified atom stereocenters. The molecule has 4 aromatic rings. The number of nitrogens with zero attached hydrogens (tertiary/aromatic N) is 3. The summed E-state index contributed by atoms with van der Waals surface area (Å²) in [6.07, 6.45) is 4.18. The van der Waals surface area contributed by atoms with Crippen LogP contribution in [0.4, 0.5) is 4.39 Å². The molecule has 0 spiro atoms. The van der Waals surface area contributed by atoms with Gasteiger partial charge in [-0.05, 0) is 30.7 Å². The Kier molecular flexibility index (Phi) is 5.08. The highest BCUT2D eigenvalue weighted by Gasteiger charge is 2.19. The SMILES string of the molecule is Cc1nc(Cc2cccnc2)sc1-c1csc(-c2cc(O)c(C(=O)O)cc2F)n1. The third-order valence-electron chi connectivity index (χ3n) is 4.20. The number of aromatic carboxylic acids is 1. The molecule has 29 heavy (non-hydrogen) atoms. The van der Waals surface area contributed by atoms with E-state index in [0.717, 1.165) is 33.3 Å². The fourth-order valence-corrected chi connectivity index (χ4v) is 4.80. The first-order chi connectivity index (χ1) is 13.9. The second-order valence-corrected chi connectivity index (χ2v) is 8.19. The van der Waals surface area contributed by atoms with Crippen LogP contribution in [0, 0.1) is 12.7 Å². The summed E-state index contributed by atoms with van der Waals surface area (Å²) >= 11 is 2.73. The average Bonchev–Trinajstić information content (AvgIpc) is 3.30. The molecule has 3 heterocycles. The lowest BCUT2D eigenvalue weighted by molar-refractivity contribution is 0.0693. The third kappa shape index (κ3) is 3.87. The van der Waals surface area contributed by atoms with Gasteiger partial charge in [-0.25, -0.2) is 19.2 Å². The largest absolute Gasteiger partial charge is 0.507 e. The van der Waals surface area contributed by atoms with Crippen LogP contribution >= 0.6 is 22.7 Å². The van der Waals surface area contributed by atoms with Gasteiger partial charge in [-0.1, -0.05) is 6.07 Å². The summed E-state index contributed by atoms with van der Waals surface area (Å²) in [4.78, 5) is 25.1. The normalized spacial score (nSPS) is 11.0. The van der Waals surface area contributed by atoms with Crippen molar-refractivity contribution >= 4 is 28.6 Å². The predicted octanol–water partition coefficient (Wildman–Crippen LogP) is 4.77. The van der Waals surface area contributed by atoms with E-state index in [2.05, 4.69) is 15.0 Å². The summed E-state index contributed by atoms with van der Waals surface area (Å²) in [5.41, 5.74) is 2.12. The van der Waals surface area contributed by atoms with Crippen molar-refractivity contribution in [1.29, 1.82) is 0 Å². The van der Waals surface area contributed by atoms with Crippen molar-refractivity contribution in [3.8, 4) is 26.9 Å². The summed E-state index contributed by atoms with van der Waals surface area (Å²) in [5.74, 6) is -2.65. The van der Waals surface area contributed by atoms with Gasteiger partial charge < -0.3 is 10.2 Å². The van der Waals surface area contributed by atoms with E-state index in [1.165, 1.54) is 22.7 Å². The van der Waals surface area contributed by atoms with E-state index >= 15 is 0 Å². The number of halogens is 1. The summed E-state index contributed by atoms with van der Waals surface area (Å²) in [6, 6.07) is 5.76. The molecule has 0 fully saturated rings. The summed E-state index contributed by atoms with van der Waals surface area (Å²) in [7, 11) is 0. The molecule has 9 heteroatoms. The van der Waals surface area contributed by atoms with Crippen LogP contribution in [0.2, 0.25) is 0 Å². The van der Waals surface area contributed by atoms with Gasteiger partial charge in [0, 0.05) is 29.8 Å². The minimum Gasteiger partial charge on any atom is -0.507 e. The van der Waals surface area contributed by atoms with Crippen LogP contribution in [0.25, 0.3) is 21.1 Å². The highest BCUT2D eigenvalue weighted by molar-refractivity contribution is 7.16. The second-order valence-electron chi connectivity index (χ2n) is 6.25. The van der Waals surface area contributed by atoms with Crippen LogP contribution < -0.4 is 0 Å². The molecular formula is C20H14FN3O3S2. The summed E-state index contributed by atoms with van der Waals surface area (Å²) in [5, 5.41) is 21.9. The maximum atomic E-state index is 14.4. The van der Waals surface area contributed by atoms with E-state index in [1.807, 2.05) is 19.1 Å². The zero-order chi connectivity index (χ0) is 20.5. The molecule has 6 nitrogen and oxygen atoms in total. The Morgan fingerprint density at radius 1 is 1.28 bits per heavy atom. The minimum atomic E-state index is -1.39. The zero-order valence-corrected chi connectivity index (χ0v) is 16.7. The Balaban J connectivity index is 1.65. The van der Waals surface area contributed by atoms with E-state index in [0.29, 0.717) is 17.1 Å². The molecule has 0 amide bonds. The third-order valence-corrected chi connectivity index (χ3v) is 6.26. The van der Waals surface area contributed by atoms with Crippen molar-refractivity contribution < 1.29 is 19.4 Å². The number of aromatic hydroxyl groups is 1. The Hall–Kier alpha value is -3.17. The van der Waals surface area contributed by atoms with Gasteiger partial charge in [-0.15, -0.1) is 22.7 Å². The van der Waals surface area contributed by atoms with Gasteiger partial charge in [0.05, 0.1) is 21.3 Å². The van der Waals surface area contributed by atoms with Crippen molar-refractivity contribution in [2.24, 2.45) is 0 Å². The molecule has 0 aliphatic rings. The van der Waals surface area contributed by atoms with E-state index in [-0.39, 0.29) is 5.56 Å². The lowest BCUT2D eigenvalue weighted by Crippen LogP contribution is -1.98. The number of aryl methyl sites for hydroxylation is 1. The van der Waals surface area contributed by atoms with Crippen molar-refractivity contribution in [2.75, 3.05) is 0 Å². The van der Waals surface area contributed by atoms with Crippen LogP contribution in [0.1, 0.15) is 26.6 Å². The fourth-order valence-electron chi connectivity index (χ4n) is 2.84. The number of rotatable bonds is 5. The lowest BCUT2D eigenvalue weighted by atomic mass is 10.1. The average molecular weight is 427 g/mol. The van der Waals surface area contributed by atoms with Gasteiger partial charge in [0.25, 0.3) is 0 Å². The molecule has 0 aliphatic heterocycles.